The summed E-state index contributed by atoms with van der Waals surface area (Å²) in [6.45, 7) is -2.30. The number of alkyl carbamates (subject to hydrolysis) is 1. The Morgan fingerprint density at radius 3 is 1.61 bits per heavy atom. The number of nitrogens with one attached hydrogen (secondary N) is 1. The van der Waals surface area contributed by atoms with Crippen LogP contribution in [0.1, 0.15) is 0 Å². The normalized spacial score (nSPS) is 13.7. The number of rotatable bonds is 2. The third-order valence-electron chi connectivity index (χ3n) is 1.28. The molecule has 0 atom stereocenters. The lowest BCUT2D eigenvalue weighted by molar-refractivity contribution is -0.256. The van der Waals surface area contributed by atoms with Gasteiger partial charge in [-0.1, -0.05) is 0 Å². The van der Waals surface area contributed by atoms with Crippen molar-refractivity contribution in [3.05, 3.63) is 0 Å². The number of ether oxygens (including phenoxy) is 1. The van der Waals surface area contributed by atoms with Gasteiger partial charge in [0.25, 0.3) is 0 Å². The second-order valence-corrected chi connectivity index (χ2v) is 2.85. The summed E-state index contributed by atoms with van der Waals surface area (Å²) in [5.41, 5.74) is 0. The van der Waals surface area contributed by atoms with Gasteiger partial charge >= 0.3 is 24.6 Å². The zero-order valence-electron chi connectivity index (χ0n) is 8.00. The minimum atomic E-state index is -5.91. The van der Waals surface area contributed by atoms with Crippen molar-refractivity contribution in [3.63, 3.8) is 0 Å². The molecule has 1 N–H and O–H groups in total. The molecule has 108 valence electrons. The van der Waals surface area contributed by atoms with E-state index in [4.69, 9.17) is 0 Å². The van der Waals surface area contributed by atoms with E-state index in [1.54, 1.807) is 0 Å². The Labute approximate surface area is 92.9 Å². The predicted octanol–water partition coefficient (Wildman–Crippen LogP) is 2.77. The first kappa shape index (κ1) is 16.6. The molecule has 1 amide bonds. The molecule has 0 saturated carbocycles. The molecule has 3 nitrogen and oxygen atoms in total. The molecule has 0 aromatic carbocycles. The van der Waals surface area contributed by atoms with Gasteiger partial charge in [-0.3, -0.25) is 0 Å². The highest BCUT2D eigenvalue weighted by Gasteiger charge is 2.58. The zero-order valence-corrected chi connectivity index (χ0v) is 8.00. The lowest BCUT2D eigenvalue weighted by atomic mass is 10.3. The van der Waals surface area contributed by atoms with E-state index in [0.29, 0.717) is 0 Å². The molecule has 0 bridgehead atoms. The van der Waals surface area contributed by atoms with E-state index in [1.807, 2.05) is 0 Å². The van der Waals surface area contributed by atoms with E-state index in [2.05, 4.69) is 4.74 Å². The van der Waals surface area contributed by atoms with Crippen LogP contribution in [0.25, 0.3) is 0 Å². The predicted molar refractivity (Wildman–Crippen MR) is 36.4 cm³/mol. The maximum Gasteiger partial charge on any atom is 0.422 e. The molecule has 0 aromatic heterocycles. The van der Waals surface area contributed by atoms with Gasteiger partial charge < -0.3 is 10.1 Å². The summed E-state index contributed by atoms with van der Waals surface area (Å²) in [6, 6.07) is -4.30. The second-order valence-electron chi connectivity index (χ2n) is 2.85. The largest absolute Gasteiger partial charge is 0.440 e. The van der Waals surface area contributed by atoms with Crippen molar-refractivity contribution in [2.75, 3.05) is 6.61 Å². The second kappa shape index (κ2) is 5.10. The molecule has 0 aliphatic rings. The summed E-state index contributed by atoms with van der Waals surface area (Å²) in [7, 11) is 0. The van der Waals surface area contributed by atoms with Crippen LogP contribution in [-0.4, -0.2) is 37.3 Å². The third-order valence-corrected chi connectivity index (χ3v) is 1.28. The van der Waals surface area contributed by atoms with E-state index in [-0.39, 0.29) is 5.32 Å². The first-order valence-corrected chi connectivity index (χ1v) is 3.87. The summed E-state index contributed by atoms with van der Waals surface area (Å²) in [6.07, 6.45) is -19.4. The van der Waals surface area contributed by atoms with E-state index in [9.17, 15) is 44.3 Å². The zero-order chi connectivity index (χ0) is 14.8. The monoisotopic (exact) mass is 293 g/mol. The van der Waals surface area contributed by atoms with Gasteiger partial charge in [-0.15, -0.1) is 0 Å². The van der Waals surface area contributed by atoms with Crippen LogP contribution in [0.5, 0.6) is 0 Å². The SMILES string of the molecule is O=C(NC(C(F)(F)F)C(F)(F)F)OCC(F)(F)F. The summed E-state index contributed by atoms with van der Waals surface area (Å²) >= 11 is 0. The molecular formula is C6H4F9NO2. The Hall–Kier alpha value is -1.36. The third kappa shape index (κ3) is 6.39. The van der Waals surface area contributed by atoms with Crippen molar-refractivity contribution in [2.45, 2.75) is 24.6 Å². The molecule has 0 aliphatic carbocycles. The molecule has 0 heterocycles. The van der Waals surface area contributed by atoms with E-state index >= 15 is 0 Å². The Balaban J connectivity index is 4.58. The number of amides is 1. The van der Waals surface area contributed by atoms with E-state index < -0.39 is 37.3 Å². The first-order valence-electron chi connectivity index (χ1n) is 3.87. The lowest BCUT2D eigenvalue weighted by Gasteiger charge is -2.23. The molecule has 0 aromatic rings. The lowest BCUT2D eigenvalue weighted by Crippen LogP contribution is -2.54. The van der Waals surface area contributed by atoms with Crippen LogP contribution in [0.15, 0.2) is 0 Å². The van der Waals surface area contributed by atoms with Gasteiger partial charge in [-0.05, 0) is 0 Å². The highest BCUT2D eigenvalue weighted by molar-refractivity contribution is 5.67. The van der Waals surface area contributed by atoms with Crippen molar-refractivity contribution >= 4 is 6.09 Å². The van der Waals surface area contributed by atoms with Gasteiger partial charge in [0, 0.05) is 0 Å². The molecule has 12 heteroatoms. The van der Waals surface area contributed by atoms with Crippen LogP contribution in [-0.2, 0) is 4.74 Å². The molecule has 0 fully saturated rings. The number of hydrogen-bond acceptors (Lipinski definition) is 2. The van der Waals surface area contributed by atoms with E-state index in [1.165, 1.54) is 0 Å². The van der Waals surface area contributed by atoms with Crippen LogP contribution in [0.3, 0.4) is 0 Å². The first-order chi connectivity index (χ1) is 7.73. The Kier molecular flexibility index (Phi) is 4.71. The maximum atomic E-state index is 11.8. The summed E-state index contributed by atoms with van der Waals surface area (Å²) in [4.78, 5) is 10.4. The van der Waals surface area contributed by atoms with Crippen molar-refractivity contribution in [2.24, 2.45) is 0 Å². The summed E-state index contributed by atoms with van der Waals surface area (Å²) in [5, 5.41) is 0.258. The Morgan fingerprint density at radius 2 is 1.33 bits per heavy atom. The molecule has 18 heavy (non-hydrogen) atoms. The number of hydrogen-bond donors (Lipinski definition) is 1. The van der Waals surface area contributed by atoms with Crippen LogP contribution in [0.4, 0.5) is 44.3 Å². The van der Waals surface area contributed by atoms with Crippen LogP contribution in [0, 0.1) is 0 Å². The number of carbonyl (C=O) groups excluding carboxylic acids is 1. The van der Waals surface area contributed by atoms with Crippen molar-refractivity contribution < 1.29 is 49.0 Å². The number of carbonyl (C=O) groups is 1. The molecule has 0 unspecified atom stereocenters. The van der Waals surface area contributed by atoms with Crippen LogP contribution in [0.2, 0.25) is 0 Å². The molecule has 0 spiro atoms. The Morgan fingerprint density at radius 1 is 0.944 bits per heavy atom. The minimum absolute atomic E-state index is 0.258. The fraction of sp³-hybridized carbons (Fsp3) is 0.833. The smallest absolute Gasteiger partial charge is 0.422 e. The highest BCUT2D eigenvalue weighted by atomic mass is 19.4. The quantitative estimate of drug-likeness (QED) is 0.795. The highest BCUT2D eigenvalue weighted by Crippen LogP contribution is 2.33. The molecule has 0 aliphatic heterocycles. The van der Waals surface area contributed by atoms with E-state index in [0.717, 1.165) is 0 Å². The number of halogens is 9. The fourth-order valence-electron chi connectivity index (χ4n) is 0.656. The van der Waals surface area contributed by atoms with Gasteiger partial charge in [0.1, 0.15) is 0 Å². The summed E-state index contributed by atoms with van der Waals surface area (Å²) in [5.74, 6) is 0. The van der Waals surface area contributed by atoms with Gasteiger partial charge in [-0.2, -0.15) is 39.5 Å². The maximum absolute atomic E-state index is 11.8. The van der Waals surface area contributed by atoms with Gasteiger partial charge in [-0.25, -0.2) is 4.79 Å². The molecule has 0 radical (unpaired) electrons. The van der Waals surface area contributed by atoms with Crippen molar-refractivity contribution in [1.82, 2.24) is 5.32 Å². The average molecular weight is 293 g/mol. The van der Waals surface area contributed by atoms with Crippen molar-refractivity contribution in [1.29, 1.82) is 0 Å². The molecular weight excluding hydrogens is 289 g/mol. The van der Waals surface area contributed by atoms with Crippen molar-refractivity contribution in [3.8, 4) is 0 Å². The standard InChI is InChI=1S/C6H4F9NO2/c7-4(8,9)1-18-3(17)16-2(5(10,11)12)6(13,14)15/h2H,1H2,(H,16,17). The fourth-order valence-corrected chi connectivity index (χ4v) is 0.656. The average Bonchev–Trinajstić information content (AvgIpc) is 2.05. The van der Waals surface area contributed by atoms with Gasteiger partial charge in [0.2, 0.25) is 6.04 Å². The molecule has 0 saturated heterocycles. The van der Waals surface area contributed by atoms with Gasteiger partial charge in [0.05, 0.1) is 0 Å². The molecule has 0 rings (SSSR count). The van der Waals surface area contributed by atoms with Gasteiger partial charge in [0.15, 0.2) is 6.61 Å². The van der Waals surface area contributed by atoms with Crippen LogP contribution >= 0.6 is 0 Å². The topological polar surface area (TPSA) is 38.3 Å². The number of alkyl halides is 9. The minimum Gasteiger partial charge on any atom is -0.440 e. The summed E-state index contributed by atoms with van der Waals surface area (Å²) < 4.78 is 109. The Bertz CT molecular complexity index is 277. The van der Waals surface area contributed by atoms with Crippen LogP contribution < -0.4 is 5.32 Å².